The van der Waals surface area contributed by atoms with Gasteiger partial charge in [-0.15, -0.1) is 0 Å². The van der Waals surface area contributed by atoms with Crippen LogP contribution < -0.4 is 5.73 Å². The molecule has 0 aromatic heterocycles. The molecule has 58 valence electrons. The van der Waals surface area contributed by atoms with Gasteiger partial charge in [-0.05, 0) is 0 Å². The Labute approximate surface area is 78.7 Å². The summed E-state index contributed by atoms with van der Waals surface area (Å²) in [5.74, 6) is 1.30. The van der Waals surface area contributed by atoms with Gasteiger partial charge in [-0.25, -0.2) is 0 Å². The van der Waals surface area contributed by atoms with Crippen LogP contribution in [0.15, 0.2) is 0 Å². The van der Waals surface area contributed by atoms with Gasteiger partial charge in [-0.1, -0.05) is 0 Å². The van der Waals surface area contributed by atoms with Crippen LogP contribution in [0, 0.1) is 0 Å². The van der Waals surface area contributed by atoms with Crippen molar-refractivity contribution in [1.29, 1.82) is 0 Å². The minimum absolute atomic E-state index is 0.0441. The Balaban J connectivity index is 2.65. The van der Waals surface area contributed by atoms with Crippen molar-refractivity contribution in [2.45, 2.75) is 24.2 Å². The van der Waals surface area contributed by atoms with E-state index in [1.165, 1.54) is 26.8 Å². The molecule has 0 aromatic carbocycles. The van der Waals surface area contributed by atoms with Crippen LogP contribution >= 0.6 is 11.8 Å². The summed E-state index contributed by atoms with van der Waals surface area (Å²) in [6, 6.07) is 0. The van der Waals surface area contributed by atoms with Gasteiger partial charge in [-0.3, -0.25) is 0 Å². The van der Waals surface area contributed by atoms with Crippen molar-refractivity contribution in [1.82, 2.24) is 0 Å². The third-order valence-electron chi connectivity index (χ3n) is 1.22. The van der Waals surface area contributed by atoms with E-state index in [1.54, 1.807) is 0 Å². The molecule has 0 unspecified atom stereocenters. The van der Waals surface area contributed by atoms with E-state index in [-0.39, 0.29) is 21.1 Å². The van der Waals surface area contributed by atoms with Crippen molar-refractivity contribution in [2.75, 3.05) is 16.1 Å². The van der Waals surface area contributed by atoms with Gasteiger partial charge in [0.25, 0.3) is 0 Å². The molecule has 0 atom stereocenters. The van der Waals surface area contributed by atoms with Crippen molar-refractivity contribution in [2.24, 2.45) is 5.73 Å². The van der Waals surface area contributed by atoms with Crippen LogP contribution in [0.25, 0.3) is 0 Å². The predicted molar refractivity (Wildman–Crippen MR) is 51.8 cm³/mol. The molecule has 0 rings (SSSR count). The summed E-state index contributed by atoms with van der Waals surface area (Å²) in [6.07, 6.45) is 2.64. The SMILES string of the molecule is CCS[CH2][Sn+2][CH2]CCCN. The van der Waals surface area contributed by atoms with E-state index < -0.39 is 0 Å². The monoisotopic (exact) mass is 267 g/mol. The van der Waals surface area contributed by atoms with Crippen molar-refractivity contribution >= 4 is 32.9 Å². The number of thioether (sulfide) groups is 1. The summed E-state index contributed by atoms with van der Waals surface area (Å²) < 4.78 is 3.04. The molecule has 0 radical (unpaired) electrons. The topological polar surface area (TPSA) is 26.0 Å². The van der Waals surface area contributed by atoms with Crippen LogP contribution in [0.4, 0.5) is 0 Å². The zero-order chi connectivity index (χ0) is 7.66. The Kier molecular flexibility index (Phi) is 11.2. The molecule has 0 aliphatic rings. The van der Waals surface area contributed by atoms with Crippen LogP contribution in [0.5, 0.6) is 0 Å². The van der Waals surface area contributed by atoms with Crippen molar-refractivity contribution in [3.05, 3.63) is 0 Å². The number of hydrogen-bond acceptors (Lipinski definition) is 2. The Bertz CT molecular complexity index is 53.6. The number of rotatable bonds is 7. The molecule has 0 amide bonds. The molecule has 0 saturated carbocycles. The Hall–Kier alpha value is 1.11. The maximum absolute atomic E-state index is 5.38. The zero-order valence-electron chi connectivity index (χ0n) is 6.73. The molecule has 0 aliphatic heterocycles. The molecule has 0 aromatic rings. The molecular formula is C7H17NSSn+2. The van der Waals surface area contributed by atoms with Crippen molar-refractivity contribution in [3.8, 4) is 0 Å². The first-order chi connectivity index (χ1) is 4.91. The second-order valence-corrected chi connectivity index (χ2v) is 8.73. The van der Waals surface area contributed by atoms with E-state index in [1.807, 2.05) is 0 Å². The van der Waals surface area contributed by atoms with E-state index in [4.69, 9.17) is 5.73 Å². The van der Waals surface area contributed by atoms with Gasteiger partial charge in [0.2, 0.25) is 0 Å². The number of nitrogens with two attached hydrogens (primary N) is 1. The van der Waals surface area contributed by atoms with Crippen LogP contribution in [0.3, 0.4) is 0 Å². The van der Waals surface area contributed by atoms with Crippen LogP contribution in [0.1, 0.15) is 19.8 Å². The summed E-state index contributed by atoms with van der Waals surface area (Å²) in [5.41, 5.74) is 5.38. The van der Waals surface area contributed by atoms with Gasteiger partial charge < -0.3 is 0 Å². The minimum atomic E-state index is 0.0441. The number of hydrogen-bond donors (Lipinski definition) is 1. The summed E-state index contributed by atoms with van der Waals surface area (Å²) >= 11 is 2.15. The summed E-state index contributed by atoms with van der Waals surface area (Å²) in [7, 11) is 0. The first kappa shape index (κ1) is 11.1. The molecule has 0 aliphatic carbocycles. The third kappa shape index (κ3) is 9.11. The first-order valence-electron chi connectivity index (χ1n) is 3.90. The Morgan fingerprint density at radius 2 is 2.20 bits per heavy atom. The second kappa shape index (κ2) is 10.1. The van der Waals surface area contributed by atoms with Gasteiger partial charge in [0.05, 0.1) is 0 Å². The third-order valence-corrected chi connectivity index (χ3v) is 7.55. The average molecular weight is 266 g/mol. The van der Waals surface area contributed by atoms with Gasteiger partial charge in [0.1, 0.15) is 0 Å². The standard InChI is InChI=1S/C4H10N.C3H7S.Sn/c1-2-3-4-5;1-3-4-2;/h1-5H2;2-3H2,1H3;/q;;+2. The van der Waals surface area contributed by atoms with Crippen LogP contribution in [-0.4, -0.2) is 37.2 Å². The Morgan fingerprint density at radius 1 is 1.40 bits per heavy atom. The van der Waals surface area contributed by atoms with E-state index in [0.717, 1.165) is 6.54 Å². The summed E-state index contributed by atoms with van der Waals surface area (Å²) in [6.45, 7) is 3.13. The first-order valence-corrected chi connectivity index (χ1v) is 9.09. The van der Waals surface area contributed by atoms with E-state index in [2.05, 4.69) is 18.7 Å². The predicted octanol–water partition coefficient (Wildman–Crippen LogP) is 1.56. The molecule has 0 bridgehead atoms. The quantitative estimate of drug-likeness (QED) is 0.559. The van der Waals surface area contributed by atoms with Gasteiger partial charge in [-0.2, -0.15) is 0 Å². The molecule has 3 heteroatoms. The molecule has 1 nitrogen and oxygen atoms in total. The van der Waals surface area contributed by atoms with E-state index in [0.29, 0.717) is 0 Å². The van der Waals surface area contributed by atoms with Gasteiger partial charge >= 0.3 is 78.9 Å². The fraction of sp³-hybridized carbons (Fsp3) is 1.00. The molecule has 0 spiro atoms. The van der Waals surface area contributed by atoms with Crippen molar-refractivity contribution in [3.63, 3.8) is 0 Å². The Morgan fingerprint density at radius 3 is 2.80 bits per heavy atom. The van der Waals surface area contributed by atoms with E-state index >= 15 is 0 Å². The van der Waals surface area contributed by atoms with Crippen LogP contribution in [0.2, 0.25) is 4.44 Å². The normalized spacial score (nSPS) is 9.40. The number of unbranched alkanes of at least 4 members (excludes halogenated alkanes) is 1. The van der Waals surface area contributed by atoms with Crippen LogP contribution in [-0.2, 0) is 0 Å². The molecule has 10 heavy (non-hydrogen) atoms. The van der Waals surface area contributed by atoms with Gasteiger partial charge in [0.15, 0.2) is 0 Å². The molecule has 0 saturated heterocycles. The molecular weight excluding hydrogens is 249 g/mol. The molecule has 0 fully saturated rings. The summed E-state index contributed by atoms with van der Waals surface area (Å²) in [4.78, 5) is 0. The zero-order valence-corrected chi connectivity index (χ0v) is 10.4. The maximum atomic E-state index is 5.38. The fourth-order valence-corrected chi connectivity index (χ4v) is 6.78. The second-order valence-electron chi connectivity index (χ2n) is 2.13. The van der Waals surface area contributed by atoms with Crippen molar-refractivity contribution < 1.29 is 0 Å². The van der Waals surface area contributed by atoms with Gasteiger partial charge in [0, 0.05) is 0 Å². The summed E-state index contributed by atoms with van der Waals surface area (Å²) in [5, 5.41) is 0. The van der Waals surface area contributed by atoms with E-state index in [9.17, 15) is 0 Å². The fourth-order valence-electron chi connectivity index (χ4n) is 0.641. The average Bonchev–Trinajstić information content (AvgIpc) is 1.97. The molecule has 0 heterocycles. The molecule has 2 N–H and O–H groups in total.